The minimum Gasteiger partial charge on any atom is -0.492 e. The number of rotatable bonds is 5. The van der Waals surface area contributed by atoms with Gasteiger partial charge >= 0.3 is 0 Å². The first kappa shape index (κ1) is 14.7. The smallest absolute Gasteiger partial charge is 0.225 e. The van der Waals surface area contributed by atoms with Crippen LogP contribution in [0.1, 0.15) is 19.3 Å². The van der Waals surface area contributed by atoms with Crippen LogP contribution in [0.25, 0.3) is 0 Å². The molecule has 0 radical (unpaired) electrons. The largest absolute Gasteiger partial charge is 0.492 e. The molecule has 2 aliphatic rings. The summed E-state index contributed by atoms with van der Waals surface area (Å²) in [4.78, 5) is 12.2. The molecule has 3 N–H and O–H groups in total. The molecule has 2 saturated carbocycles. The molecule has 3 rings (SSSR count). The molecule has 0 aromatic heterocycles. The Kier molecular flexibility index (Phi) is 4.36. The van der Waals surface area contributed by atoms with Crippen LogP contribution in [0.2, 0.25) is 5.02 Å². The van der Waals surface area contributed by atoms with E-state index in [1.54, 1.807) is 12.1 Å². The van der Waals surface area contributed by atoms with Crippen molar-refractivity contribution in [1.82, 2.24) is 5.32 Å². The highest BCUT2D eigenvalue weighted by Crippen LogP contribution is 2.47. The molecular formula is C16H21ClN2O2. The highest BCUT2D eigenvalue weighted by atomic mass is 35.5. The van der Waals surface area contributed by atoms with Gasteiger partial charge < -0.3 is 15.8 Å². The Hall–Kier alpha value is -1.26. The normalized spacial score (nSPS) is 30.4. The number of benzene rings is 1. The van der Waals surface area contributed by atoms with Crippen molar-refractivity contribution in [2.45, 2.75) is 25.3 Å². The van der Waals surface area contributed by atoms with Crippen LogP contribution in [0.5, 0.6) is 5.75 Å². The van der Waals surface area contributed by atoms with Gasteiger partial charge in [-0.3, -0.25) is 4.79 Å². The highest BCUT2D eigenvalue weighted by Gasteiger charge is 2.48. The lowest BCUT2D eigenvalue weighted by molar-refractivity contribution is -0.127. The number of halogens is 1. The third-order valence-corrected chi connectivity index (χ3v) is 5.02. The zero-order valence-electron chi connectivity index (χ0n) is 11.9. The number of ether oxygens (including phenoxy) is 1. The average Bonchev–Trinajstić information content (AvgIpc) is 3.06. The van der Waals surface area contributed by atoms with Crippen molar-refractivity contribution in [1.29, 1.82) is 0 Å². The van der Waals surface area contributed by atoms with Crippen molar-refractivity contribution in [3.05, 3.63) is 29.3 Å². The summed E-state index contributed by atoms with van der Waals surface area (Å²) in [7, 11) is 0. The molecule has 21 heavy (non-hydrogen) atoms. The van der Waals surface area contributed by atoms with Gasteiger partial charge in [0.1, 0.15) is 12.4 Å². The second-order valence-electron chi connectivity index (χ2n) is 6.03. The van der Waals surface area contributed by atoms with E-state index >= 15 is 0 Å². The van der Waals surface area contributed by atoms with Crippen molar-refractivity contribution >= 4 is 17.5 Å². The van der Waals surface area contributed by atoms with Crippen molar-refractivity contribution in [2.24, 2.45) is 23.5 Å². The van der Waals surface area contributed by atoms with Crippen LogP contribution in [0.15, 0.2) is 24.3 Å². The number of nitrogens with two attached hydrogens (primary N) is 1. The molecule has 2 aliphatic carbocycles. The maximum atomic E-state index is 12.2. The molecule has 0 heterocycles. The summed E-state index contributed by atoms with van der Waals surface area (Å²) in [5.41, 5.74) is 6.17. The van der Waals surface area contributed by atoms with Gasteiger partial charge in [-0.2, -0.15) is 0 Å². The number of amides is 1. The Labute approximate surface area is 130 Å². The highest BCUT2D eigenvalue weighted by molar-refractivity contribution is 6.30. The standard InChI is InChI=1S/C16H21ClN2O2/c17-12-3-5-13(6-4-12)21-8-7-19-16(20)14-10-1-2-11(9-10)15(14)18/h3-6,10-11,14-15H,1-2,7-9,18H2,(H,19,20). The number of carbonyl (C=O) groups excluding carboxylic acids is 1. The second kappa shape index (κ2) is 6.24. The molecule has 114 valence electrons. The molecule has 1 aromatic rings. The van der Waals surface area contributed by atoms with Gasteiger partial charge in [0.15, 0.2) is 0 Å². The number of hydrogen-bond donors (Lipinski definition) is 2. The van der Waals surface area contributed by atoms with Gasteiger partial charge in [0.25, 0.3) is 0 Å². The van der Waals surface area contributed by atoms with Gasteiger partial charge in [0, 0.05) is 11.1 Å². The fourth-order valence-electron chi connectivity index (χ4n) is 3.72. The summed E-state index contributed by atoms with van der Waals surface area (Å²) < 4.78 is 5.56. The molecule has 2 fully saturated rings. The molecule has 4 nitrogen and oxygen atoms in total. The molecule has 2 bridgehead atoms. The van der Waals surface area contributed by atoms with Crippen molar-refractivity contribution in [2.75, 3.05) is 13.2 Å². The number of nitrogens with one attached hydrogen (secondary N) is 1. The van der Waals surface area contributed by atoms with Gasteiger partial charge in [-0.25, -0.2) is 0 Å². The molecule has 0 aliphatic heterocycles. The molecule has 1 aromatic carbocycles. The Balaban J connectivity index is 1.41. The van der Waals surface area contributed by atoms with Crippen LogP contribution >= 0.6 is 11.6 Å². The topological polar surface area (TPSA) is 64.4 Å². The molecule has 4 atom stereocenters. The molecular weight excluding hydrogens is 288 g/mol. The van der Waals surface area contributed by atoms with E-state index in [2.05, 4.69) is 5.32 Å². The van der Waals surface area contributed by atoms with Gasteiger partial charge in [-0.05, 0) is 55.4 Å². The van der Waals surface area contributed by atoms with E-state index in [-0.39, 0.29) is 17.9 Å². The van der Waals surface area contributed by atoms with Crippen LogP contribution in [-0.2, 0) is 4.79 Å². The number of hydrogen-bond acceptors (Lipinski definition) is 3. The Morgan fingerprint density at radius 1 is 1.29 bits per heavy atom. The zero-order valence-corrected chi connectivity index (χ0v) is 12.7. The lowest BCUT2D eigenvalue weighted by Crippen LogP contribution is -2.46. The van der Waals surface area contributed by atoms with Crippen molar-refractivity contribution < 1.29 is 9.53 Å². The quantitative estimate of drug-likeness (QED) is 0.820. The van der Waals surface area contributed by atoms with Gasteiger partial charge in [-0.15, -0.1) is 0 Å². The summed E-state index contributed by atoms with van der Waals surface area (Å²) >= 11 is 5.81. The molecule has 5 heteroatoms. The lowest BCUT2D eigenvalue weighted by atomic mass is 9.84. The van der Waals surface area contributed by atoms with Crippen molar-refractivity contribution in [3.63, 3.8) is 0 Å². The molecule has 4 unspecified atom stereocenters. The fraction of sp³-hybridized carbons (Fsp3) is 0.562. The third kappa shape index (κ3) is 3.16. The van der Waals surface area contributed by atoms with E-state index in [0.29, 0.717) is 30.0 Å². The van der Waals surface area contributed by atoms with Crippen LogP contribution in [-0.4, -0.2) is 25.1 Å². The summed E-state index contributed by atoms with van der Waals surface area (Å²) in [6.07, 6.45) is 3.47. The van der Waals surface area contributed by atoms with E-state index < -0.39 is 0 Å². The summed E-state index contributed by atoms with van der Waals surface area (Å²) in [5.74, 6) is 1.89. The van der Waals surface area contributed by atoms with Crippen LogP contribution in [0, 0.1) is 17.8 Å². The fourth-order valence-corrected chi connectivity index (χ4v) is 3.84. The van der Waals surface area contributed by atoms with E-state index in [1.165, 1.54) is 6.42 Å². The molecule has 0 saturated heterocycles. The third-order valence-electron chi connectivity index (χ3n) is 4.77. The maximum Gasteiger partial charge on any atom is 0.225 e. The minimum atomic E-state index is -0.000665. The maximum absolute atomic E-state index is 12.2. The number of carbonyl (C=O) groups is 1. The summed E-state index contributed by atoms with van der Waals surface area (Å²) in [6.45, 7) is 0.950. The predicted molar refractivity (Wildman–Crippen MR) is 82.3 cm³/mol. The van der Waals surface area contributed by atoms with Crippen molar-refractivity contribution in [3.8, 4) is 5.75 Å². The Morgan fingerprint density at radius 2 is 2.00 bits per heavy atom. The first-order chi connectivity index (χ1) is 10.1. The predicted octanol–water partition coefficient (Wildman–Crippen LogP) is 2.21. The SMILES string of the molecule is NC1C2CCC(C2)C1C(=O)NCCOc1ccc(Cl)cc1. The molecule has 1 amide bonds. The van der Waals surface area contributed by atoms with E-state index in [1.807, 2.05) is 12.1 Å². The van der Waals surface area contributed by atoms with E-state index in [4.69, 9.17) is 22.1 Å². The summed E-state index contributed by atoms with van der Waals surface area (Å²) in [6, 6.07) is 7.24. The van der Waals surface area contributed by atoms with E-state index in [0.717, 1.165) is 18.6 Å². The lowest BCUT2D eigenvalue weighted by Gasteiger charge is -2.26. The zero-order chi connectivity index (χ0) is 14.8. The number of fused-ring (bicyclic) bond motifs is 2. The Bertz CT molecular complexity index is 504. The van der Waals surface area contributed by atoms with Crippen LogP contribution in [0.3, 0.4) is 0 Å². The van der Waals surface area contributed by atoms with Gasteiger partial charge in [-0.1, -0.05) is 11.6 Å². The first-order valence-electron chi connectivity index (χ1n) is 7.57. The van der Waals surface area contributed by atoms with Crippen LogP contribution in [0.4, 0.5) is 0 Å². The van der Waals surface area contributed by atoms with Gasteiger partial charge in [0.05, 0.1) is 12.5 Å². The molecule has 0 spiro atoms. The van der Waals surface area contributed by atoms with Crippen LogP contribution < -0.4 is 15.8 Å². The average molecular weight is 309 g/mol. The summed E-state index contributed by atoms with van der Waals surface area (Å²) in [5, 5.41) is 3.63. The second-order valence-corrected chi connectivity index (χ2v) is 6.47. The Morgan fingerprint density at radius 3 is 2.67 bits per heavy atom. The monoisotopic (exact) mass is 308 g/mol. The van der Waals surface area contributed by atoms with Gasteiger partial charge in [0.2, 0.25) is 5.91 Å². The van der Waals surface area contributed by atoms with E-state index in [9.17, 15) is 4.79 Å². The first-order valence-corrected chi connectivity index (χ1v) is 7.94. The minimum absolute atomic E-state index is 0.000665.